The highest BCUT2D eigenvalue weighted by molar-refractivity contribution is 8.09. The average Bonchev–Trinajstić information content (AvgIpc) is 3.67. The van der Waals surface area contributed by atoms with Gasteiger partial charge in [0.2, 0.25) is 5.95 Å². The van der Waals surface area contributed by atoms with Gasteiger partial charge in [-0.2, -0.15) is 4.98 Å². The molecule has 20 heteroatoms. The molecule has 17 nitrogen and oxygen atoms in total. The predicted octanol–water partition coefficient (Wildman–Crippen LogP) is -1.31. The number of aromatic nitrogens is 8. The SMILES string of the molecule is Nc1nc2c(ncn2[C@@H]2O[C@H](CO)[C@@H](F)[C@H]2P(O)(=S)OCC2O[C@@H](n3cnc4c(N)ncnc43)C[C@@H]2O)c(=O)[nH]1. The maximum Gasteiger partial charge on any atom is 0.280 e. The third-order valence-corrected chi connectivity index (χ3v) is 9.75. The lowest BCUT2D eigenvalue weighted by Gasteiger charge is -2.29. The molecule has 2 fully saturated rings. The van der Waals surface area contributed by atoms with E-state index in [0.717, 1.165) is 0 Å². The van der Waals surface area contributed by atoms with Crippen LogP contribution in [0, 0.1) is 0 Å². The van der Waals surface area contributed by atoms with Crippen LogP contribution in [-0.4, -0.2) is 97.5 Å². The Morgan fingerprint density at radius 3 is 2.67 bits per heavy atom. The van der Waals surface area contributed by atoms with Crippen LogP contribution in [0.1, 0.15) is 18.9 Å². The molecule has 0 aromatic carbocycles. The quantitative estimate of drug-likeness (QED) is 0.135. The first-order chi connectivity index (χ1) is 19.1. The van der Waals surface area contributed by atoms with Crippen LogP contribution in [-0.2, 0) is 25.8 Å². The van der Waals surface area contributed by atoms with E-state index in [4.69, 9.17) is 37.3 Å². The molecule has 6 heterocycles. The Morgan fingerprint density at radius 2 is 1.90 bits per heavy atom. The van der Waals surface area contributed by atoms with E-state index in [1.54, 1.807) is 4.57 Å². The van der Waals surface area contributed by atoms with Crippen LogP contribution >= 0.6 is 6.49 Å². The smallest absolute Gasteiger partial charge is 0.280 e. The maximum atomic E-state index is 15.5. The molecule has 2 aliphatic rings. The number of aliphatic hydroxyl groups excluding tert-OH is 2. The van der Waals surface area contributed by atoms with Gasteiger partial charge >= 0.3 is 0 Å². The number of imidazole rings is 2. The zero-order valence-corrected chi connectivity index (χ0v) is 22.1. The molecule has 2 aliphatic heterocycles. The second-order valence-corrected chi connectivity index (χ2v) is 12.9. The van der Waals surface area contributed by atoms with Gasteiger partial charge < -0.3 is 40.6 Å². The molecule has 8 atom stereocenters. The van der Waals surface area contributed by atoms with E-state index in [-0.39, 0.29) is 36.0 Å². The molecule has 2 unspecified atom stereocenters. The summed E-state index contributed by atoms with van der Waals surface area (Å²) in [5.74, 6) is -0.0302. The Balaban J connectivity index is 1.23. The van der Waals surface area contributed by atoms with Gasteiger partial charge in [0.1, 0.15) is 42.1 Å². The summed E-state index contributed by atoms with van der Waals surface area (Å²) in [6.45, 7) is -5.17. The molecule has 8 N–H and O–H groups in total. The van der Waals surface area contributed by atoms with Crippen molar-refractivity contribution in [1.29, 1.82) is 0 Å². The van der Waals surface area contributed by atoms with E-state index in [9.17, 15) is 19.9 Å². The number of aliphatic hydroxyl groups is 2. The van der Waals surface area contributed by atoms with Crippen molar-refractivity contribution in [2.24, 2.45) is 0 Å². The minimum Gasteiger partial charge on any atom is -0.394 e. The van der Waals surface area contributed by atoms with Crippen molar-refractivity contribution in [3.63, 3.8) is 0 Å². The summed E-state index contributed by atoms with van der Waals surface area (Å²) >= 11 is 5.38. The molecular weight excluding hydrogens is 574 g/mol. The fourth-order valence-corrected chi connectivity index (χ4v) is 7.40. The Labute approximate surface area is 228 Å². The molecule has 0 spiro atoms. The first kappa shape index (κ1) is 27.0. The molecule has 214 valence electrons. The summed E-state index contributed by atoms with van der Waals surface area (Å²) in [6, 6.07) is 0. The van der Waals surface area contributed by atoms with Gasteiger partial charge in [0, 0.05) is 6.42 Å². The number of nitrogen functional groups attached to an aromatic ring is 2. The molecule has 0 bridgehead atoms. The molecule has 0 saturated carbocycles. The largest absolute Gasteiger partial charge is 0.394 e. The monoisotopic (exact) mass is 598 g/mol. The van der Waals surface area contributed by atoms with Gasteiger partial charge in [-0.25, -0.2) is 24.3 Å². The summed E-state index contributed by atoms with van der Waals surface area (Å²) < 4.78 is 35.6. The van der Waals surface area contributed by atoms with Crippen LogP contribution in [0.15, 0.2) is 23.8 Å². The normalized spacial score (nSPS) is 30.4. The number of aromatic amines is 1. The Hall–Kier alpha value is -3.16. The fraction of sp³-hybridized carbons (Fsp3) is 0.500. The maximum absolute atomic E-state index is 15.5. The number of halogens is 1. The number of nitrogens with two attached hydrogens (primary N) is 2. The summed E-state index contributed by atoms with van der Waals surface area (Å²) in [5.41, 5.74) is 10.0. The lowest BCUT2D eigenvalue weighted by Crippen LogP contribution is -2.32. The number of H-pyrrole nitrogens is 1. The van der Waals surface area contributed by atoms with Crippen molar-refractivity contribution >= 4 is 52.4 Å². The standard InChI is InChI=1S/C20H24FN10O7PS/c21-11-8(2-32)38-19(31-6-27-13-17(31)28-20(23)29-18(13)34)14(11)39(35,40)36-3-9-7(33)1-10(37-9)30-5-26-12-15(22)24-4-25-16(12)30/h4-11,14,19,32-33H,1-3H2,(H,35,40)(H2,22,24,25)(H3,23,28,29,34)/t7-,8+,9?,10+,11+,14+,19+,39?/m0/s1. The van der Waals surface area contributed by atoms with Crippen LogP contribution in [0.25, 0.3) is 22.3 Å². The van der Waals surface area contributed by atoms with Crippen molar-refractivity contribution in [3.8, 4) is 0 Å². The van der Waals surface area contributed by atoms with Crippen molar-refractivity contribution in [2.45, 2.75) is 49.0 Å². The number of rotatable bonds is 7. The van der Waals surface area contributed by atoms with Gasteiger partial charge in [-0.3, -0.25) is 18.9 Å². The van der Waals surface area contributed by atoms with Crippen molar-refractivity contribution in [1.82, 2.24) is 39.0 Å². The third-order valence-electron chi connectivity index (χ3n) is 6.89. The Kier molecular flexibility index (Phi) is 6.78. The Bertz CT molecular complexity index is 1680. The summed E-state index contributed by atoms with van der Waals surface area (Å²) in [4.78, 5) is 46.1. The molecule has 6 rings (SSSR count). The molecule has 0 amide bonds. The van der Waals surface area contributed by atoms with Crippen LogP contribution in [0.3, 0.4) is 0 Å². The number of fused-ring (bicyclic) bond motifs is 2. The van der Waals surface area contributed by atoms with Gasteiger partial charge in [-0.05, 0) is 11.8 Å². The summed E-state index contributed by atoms with van der Waals surface area (Å²) in [5, 5.41) is 20.3. The average molecular weight is 599 g/mol. The highest BCUT2D eigenvalue weighted by atomic mass is 32.5. The number of anilines is 2. The van der Waals surface area contributed by atoms with Gasteiger partial charge in [-0.1, -0.05) is 0 Å². The molecule has 40 heavy (non-hydrogen) atoms. The highest BCUT2D eigenvalue weighted by Gasteiger charge is 2.54. The van der Waals surface area contributed by atoms with Gasteiger partial charge in [0.05, 0.1) is 32.0 Å². The van der Waals surface area contributed by atoms with E-state index in [2.05, 4.69) is 29.9 Å². The zero-order chi connectivity index (χ0) is 28.3. The third kappa shape index (κ3) is 4.44. The molecular formula is C20H24FN10O7PS. The lowest BCUT2D eigenvalue weighted by molar-refractivity contribution is -0.0399. The number of ether oxygens (including phenoxy) is 2. The van der Waals surface area contributed by atoms with Gasteiger partial charge in [-0.15, -0.1) is 0 Å². The van der Waals surface area contributed by atoms with E-state index in [1.807, 2.05) is 0 Å². The zero-order valence-electron chi connectivity index (χ0n) is 20.4. The topological polar surface area (TPSA) is 248 Å². The van der Waals surface area contributed by atoms with Gasteiger partial charge in [0.25, 0.3) is 5.56 Å². The van der Waals surface area contributed by atoms with Gasteiger partial charge in [0.15, 0.2) is 35.3 Å². The molecule has 4 aromatic heterocycles. The first-order valence-corrected chi connectivity index (χ1v) is 14.7. The second kappa shape index (κ2) is 10.0. The first-order valence-electron chi connectivity index (χ1n) is 11.9. The summed E-state index contributed by atoms with van der Waals surface area (Å²) in [6.07, 6.45) is -3.28. The van der Waals surface area contributed by atoms with E-state index in [1.165, 1.54) is 23.5 Å². The van der Waals surface area contributed by atoms with Crippen LogP contribution < -0.4 is 17.0 Å². The number of hydrogen-bond donors (Lipinski definition) is 6. The van der Waals surface area contributed by atoms with Crippen molar-refractivity contribution in [2.75, 3.05) is 24.7 Å². The van der Waals surface area contributed by atoms with E-state index >= 15 is 4.39 Å². The minimum absolute atomic E-state index is 0.0357. The molecule has 0 radical (unpaired) electrons. The molecule has 2 saturated heterocycles. The van der Waals surface area contributed by atoms with Crippen LogP contribution in [0.5, 0.6) is 0 Å². The highest BCUT2D eigenvalue weighted by Crippen LogP contribution is 2.58. The van der Waals surface area contributed by atoms with Crippen molar-refractivity contribution < 1.29 is 33.5 Å². The second-order valence-electron chi connectivity index (χ2n) is 9.33. The minimum atomic E-state index is -4.07. The number of nitrogens with one attached hydrogen (secondary N) is 1. The molecule has 0 aliphatic carbocycles. The molecule has 4 aromatic rings. The van der Waals surface area contributed by atoms with E-state index in [0.29, 0.717) is 11.2 Å². The lowest BCUT2D eigenvalue weighted by atomic mass is 10.2. The predicted molar refractivity (Wildman–Crippen MR) is 139 cm³/mol. The van der Waals surface area contributed by atoms with Crippen LogP contribution in [0.2, 0.25) is 0 Å². The number of alkyl halides is 1. The van der Waals surface area contributed by atoms with E-state index < -0.39 is 61.3 Å². The van der Waals surface area contributed by atoms with Crippen LogP contribution in [0.4, 0.5) is 16.2 Å². The van der Waals surface area contributed by atoms with Crippen molar-refractivity contribution in [3.05, 3.63) is 29.3 Å². The fourth-order valence-electron chi connectivity index (χ4n) is 4.94. The number of hydrogen-bond acceptors (Lipinski definition) is 14. The number of nitrogens with zero attached hydrogens (tertiary/aromatic N) is 7. The summed E-state index contributed by atoms with van der Waals surface area (Å²) in [7, 11) is 0. The Morgan fingerprint density at radius 1 is 1.15 bits per heavy atom.